The summed E-state index contributed by atoms with van der Waals surface area (Å²) in [4.78, 5) is 1.19. The van der Waals surface area contributed by atoms with Crippen molar-refractivity contribution < 1.29 is 0 Å². The van der Waals surface area contributed by atoms with Gasteiger partial charge in [0.1, 0.15) is 0 Å². The summed E-state index contributed by atoms with van der Waals surface area (Å²) >= 11 is 2.00. The molecule has 0 aromatic carbocycles. The van der Waals surface area contributed by atoms with Crippen LogP contribution in [0.15, 0.2) is 0 Å². The standard InChI is InChI=1S/C14H22S2Se2/c1-2-4-10-6-12-8-14-13(15-16-18-17-14)7-11(12)5-9(10)3-1/h9-14H,1-8H2. The van der Waals surface area contributed by atoms with Crippen LogP contribution in [0.5, 0.6) is 0 Å². The van der Waals surface area contributed by atoms with Crippen LogP contribution in [-0.2, 0) is 0 Å². The normalized spacial score (nSPS) is 52.0. The first-order chi connectivity index (χ1) is 8.90. The van der Waals surface area contributed by atoms with Crippen molar-refractivity contribution in [2.75, 3.05) is 0 Å². The summed E-state index contributed by atoms with van der Waals surface area (Å²) in [5.41, 5.74) is 0. The Balaban J connectivity index is 1.46. The van der Waals surface area contributed by atoms with Crippen LogP contribution in [0.2, 0.25) is 4.82 Å². The molecule has 4 aliphatic rings. The molecular formula is C14H22S2Se2. The summed E-state index contributed by atoms with van der Waals surface area (Å²) in [6.45, 7) is 0. The first-order valence-electron chi connectivity index (χ1n) is 7.55. The quantitative estimate of drug-likeness (QED) is 0.427. The summed E-state index contributed by atoms with van der Waals surface area (Å²) in [5.74, 6) is 4.60. The molecule has 1 saturated heterocycles. The summed E-state index contributed by atoms with van der Waals surface area (Å²) in [7, 11) is 4.54. The Hall–Kier alpha value is 1.74. The molecule has 0 amide bonds. The van der Waals surface area contributed by atoms with E-state index in [4.69, 9.17) is 0 Å². The first-order valence-corrected chi connectivity index (χ1v) is 17.1. The average Bonchev–Trinajstić information content (AvgIpc) is 2.42. The Kier molecular flexibility index (Phi) is 4.36. The van der Waals surface area contributed by atoms with E-state index in [1.165, 1.54) is 4.82 Å². The van der Waals surface area contributed by atoms with Crippen LogP contribution in [0.3, 0.4) is 0 Å². The van der Waals surface area contributed by atoms with Gasteiger partial charge in [-0.25, -0.2) is 0 Å². The molecule has 3 saturated carbocycles. The van der Waals surface area contributed by atoms with Crippen LogP contribution in [0.25, 0.3) is 0 Å². The second-order valence-electron chi connectivity index (χ2n) is 6.67. The molecule has 0 N–H and O–H groups in total. The van der Waals surface area contributed by atoms with E-state index in [9.17, 15) is 0 Å². The fraction of sp³-hybridized carbons (Fsp3) is 1.00. The van der Waals surface area contributed by atoms with Crippen molar-refractivity contribution >= 4 is 45.1 Å². The van der Waals surface area contributed by atoms with Crippen molar-refractivity contribution in [1.82, 2.24) is 0 Å². The van der Waals surface area contributed by atoms with E-state index in [1.807, 2.05) is 0 Å². The molecule has 0 nitrogen and oxygen atoms in total. The molecule has 4 heteroatoms. The molecule has 0 aromatic rings. The van der Waals surface area contributed by atoms with Crippen molar-refractivity contribution in [3.8, 4) is 0 Å². The van der Waals surface area contributed by atoms with Gasteiger partial charge in [-0.15, -0.1) is 0 Å². The molecule has 4 fully saturated rings. The van der Waals surface area contributed by atoms with Gasteiger partial charge in [-0.05, 0) is 0 Å². The van der Waals surface area contributed by atoms with Crippen LogP contribution >= 0.6 is 20.0 Å². The Morgan fingerprint density at radius 3 is 2.28 bits per heavy atom. The van der Waals surface area contributed by atoms with Crippen molar-refractivity contribution in [1.29, 1.82) is 0 Å². The van der Waals surface area contributed by atoms with Crippen LogP contribution in [0, 0.1) is 23.7 Å². The van der Waals surface area contributed by atoms with E-state index in [-0.39, 0.29) is 0 Å². The topological polar surface area (TPSA) is 0 Å². The van der Waals surface area contributed by atoms with E-state index in [0.29, 0.717) is 0 Å². The second-order valence-corrected chi connectivity index (χ2v) is 20.4. The summed E-state index contributed by atoms with van der Waals surface area (Å²) in [6, 6.07) is 0. The van der Waals surface area contributed by atoms with Crippen LogP contribution in [0.4, 0.5) is 0 Å². The molecule has 0 spiro atoms. The summed E-state index contributed by atoms with van der Waals surface area (Å²) in [5, 5.41) is 1.08. The minimum atomic E-state index is 0.966. The Bertz CT molecular complexity index is 254. The van der Waals surface area contributed by atoms with Crippen molar-refractivity contribution in [2.24, 2.45) is 23.7 Å². The molecule has 0 radical (unpaired) electrons. The van der Waals surface area contributed by atoms with Gasteiger partial charge in [0.15, 0.2) is 0 Å². The van der Waals surface area contributed by atoms with Gasteiger partial charge in [-0.3, -0.25) is 0 Å². The van der Waals surface area contributed by atoms with Gasteiger partial charge >= 0.3 is 130 Å². The average molecular weight is 412 g/mol. The van der Waals surface area contributed by atoms with E-state index in [1.54, 1.807) is 51.4 Å². The van der Waals surface area contributed by atoms with Gasteiger partial charge in [0, 0.05) is 0 Å². The van der Waals surface area contributed by atoms with Gasteiger partial charge in [-0.2, -0.15) is 0 Å². The van der Waals surface area contributed by atoms with Gasteiger partial charge < -0.3 is 0 Å². The molecular weight excluding hydrogens is 390 g/mol. The Morgan fingerprint density at radius 2 is 1.50 bits per heavy atom. The van der Waals surface area contributed by atoms with E-state index in [0.717, 1.165) is 54.1 Å². The maximum atomic E-state index is 2.29. The molecule has 0 bridgehead atoms. The van der Waals surface area contributed by atoms with E-state index < -0.39 is 0 Å². The SMILES string of the molecule is C1CCC2CC3CC4[Se][Se]SSC4CC3CC2C1. The third-order valence-electron chi connectivity index (χ3n) is 5.78. The zero-order chi connectivity index (χ0) is 11.9. The predicted octanol–water partition coefficient (Wildman–Crippen LogP) is 4.40. The number of hydrogen-bond acceptors (Lipinski definition) is 2. The van der Waals surface area contributed by atoms with Crippen LogP contribution in [-0.4, -0.2) is 30.4 Å². The van der Waals surface area contributed by atoms with Crippen molar-refractivity contribution in [3.05, 3.63) is 0 Å². The molecule has 1 aliphatic heterocycles. The maximum absolute atomic E-state index is 2.29. The van der Waals surface area contributed by atoms with Crippen molar-refractivity contribution in [3.63, 3.8) is 0 Å². The number of fused-ring (bicyclic) bond motifs is 3. The number of rotatable bonds is 0. The predicted molar refractivity (Wildman–Crippen MR) is 85.1 cm³/mol. The van der Waals surface area contributed by atoms with Gasteiger partial charge in [-0.1, -0.05) is 0 Å². The fourth-order valence-electron chi connectivity index (χ4n) is 4.88. The van der Waals surface area contributed by atoms with E-state index in [2.05, 4.69) is 20.0 Å². The zero-order valence-electron chi connectivity index (χ0n) is 10.8. The second kappa shape index (κ2) is 5.85. The third kappa shape index (κ3) is 2.60. The molecule has 6 atom stereocenters. The third-order valence-corrected chi connectivity index (χ3v) is 23.7. The molecule has 3 aliphatic carbocycles. The van der Waals surface area contributed by atoms with E-state index >= 15 is 0 Å². The number of hydrogen-bond donors (Lipinski definition) is 0. The van der Waals surface area contributed by atoms with Crippen LogP contribution in [0.1, 0.15) is 51.4 Å². The molecule has 18 heavy (non-hydrogen) atoms. The van der Waals surface area contributed by atoms with Crippen LogP contribution < -0.4 is 0 Å². The molecule has 4 rings (SSSR count). The Labute approximate surface area is 129 Å². The van der Waals surface area contributed by atoms with Gasteiger partial charge in [0.2, 0.25) is 0 Å². The summed E-state index contributed by atoms with van der Waals surface area (Å²) in [6.07, 6.45) is 12.8. The molecule has 1 heterocycles. The van der Waals surface area contributed by atoms with Crippen molar-refractivity contribution in [2.45, 2.75) is 61.4 Å². The molecule has 102 valence electrons. The molecule has 6 unspecified atom stereocenters. The Morgan fingerprint density at radius 1 is 0.778 bits per heavy atom. The van der Waals surface area contributed by atoms with Gasteiger partial charge in [0.25, 0.3) is 0 Å². The van der Waals surface area contributed by atoms with Gasteiger partial charge in [0.05, 0.1) is 0 Å². The monoisotopic (exact) mass is 414 g/mol. The first kappa shape index (κ1) is 13.4. The fourth-order valence-corrected chi connectivity index (χ4v) is 25.6. The zero-order valence-corrected chi connectivity index (χ0v) is 15.8. The molecule has 0 aromatic heterocycles. The summed E-state index contributed by atoms with van der Waals surface area (Å²) < 4.78 is 0. The minimum absolute atomic E-state index is 0.966.